The standard InChI is InChI=1S/C21H13BrN2O2/c22-15-6-3-5-14(13-15)11-12-16-7-4-10-19(23-16)24-20(25)17-8-1-2-9-18(17)21(24)26/h1-13H/b12-11+. The van der Waals surface area contributed by atoms with Crippen LogP contribution in [0.25, 0.3) is 12.2 Å². The number of carbonyl (C=O) groups is 2. The highest BCUT2D eigenvalue weighted by atomic mass is 79.9. The van der Waals surface area contributed by atoms with Crippen LogP contribution in [0.15, 0.2) is 71.2 Å². The van der Waals surface area contributed by atoms with Crippen molar-refractivity contribution in [2.75, 3.05) is 4.90 Å². The molecule has 0 aliphatic carbocycles. The van der Waals surface area contributed by atoms with E-state index in [1.165, 1.54) is 0 Å². The number of carbonyl (C=O) groups excluding carboxylic acids is 2. The highest BCUT2D eigenvalue weighted by molar-refractivity contribution is 9.10. The lowest BCUT2D eigenvalue weighted by Crippen LogP contribution is -2.30. The van der Waals surface area contributed by atoms with Crippen LogP contribution in [0.4, 0.5) is 5.82 Å². The van der Waals surface area contributed by atoms with Crippen LogP contribution in [0.3, 0.4) is 0 Å². The van der Waals surface area contributed by atoms with Crippen molar-refractivity contribution in [3.8, 4) is 0 Å². The van der Waals surface area contributed by atoms with Crippen molar-refractivity contribution in [2.45, 2.75) is 0 Å². The molecule has 5 heteroatoms. The Morgan fingerprint density at radius 3 is 2.19 bits per heavy atom. The molecule has 4 nitrogen and oxygen atoms in total. The predicted molar refractivity (Wildman–Crippen MR) is 105 cm³/mol. The van der Waals surface area contributed by atoms with Crippen molar-refractivity contribution in [1.82, 2.24) is 4.98 Å². The monoisotopic (exact) mass is 404 g/mol. The zero-order valence-corrected chi connectivity index (χ0v) is 15.2. The second-order valence-electron chi connectivity index (χ2n) is 5.80. The SMILES string of the molecule is O=C1c2ccccc2C(=O)N1c1cccc(/C=C/c2cccc(Br)c2)n1. The van der Waals surface area contributed by atoms with Crippen molar-refractivity contribution >= 4 is 45.7 Å². The first-order valence-electron chi connectivity index (χ1n) is 8.02. The highest BCUT2D eigenvalue weighted by Gasteiger charge is 2.36. The second-order valence-corrected chi connectivity index (χ2v) is 6.72. The van der Waals surface area contributed by atoms with Crippen LogP contribution in [-0.4, -0.2) is 16.8 Å². The number of hydrogen-bond donors (Lipinski definition) is 0. The molecule has 0 saturated heterocycles. The first kappa shape index (κ1) is 16.4. The Morgan fingerprint density at radius 2 is 1.50 bits per heavy atom. The van der Waals surface area contributed by atoms with Gasteiger partial charge in [0.15, 0.2) is 0 Å². The smallest absolute Gasteiger partial charge is 0.267 e. The molecule has 126 valence electrons. The molecule has 0 spiro atoms. The first-order valence-corrected chi connectivity index (χ1v) is 8.81. The van der Waals surface area contributed by atoms with E-state index in [1.54, 1.807) is 36.4 Å². The Hall–Kier alpha value is -3.05. The van der Waals surface area contributed by atoms with Gasteiger partial charge in [-0.15, -0.1) is 0 Å². The molecule has 3 aromatic rings. The summed E-state index contributed by atoms with van der Waals surface area (Å²) < 4.78 is 0.993. The molecular formula is C21H13BrN2O2. The Labute approximate surface area is 158 Å². The quantitative estimate of drug-likeness (QED) is 0.588. The van der Waals surface area contributed by atoms with Gasteiger partial charge >= 0.3 is 0 Å². The van der Waals surface area contributed by atoms with Crippen molar-refractivity contribution < 1.29 is 9.59 Å². The number of fused-ring (bicyclic) bond motifs is 1. The lowest BCUT2D eigenvalue weighted by atomic mass is 10.1. The van der Waals surface area contributed by atoms with Gasteiger partial charge in [0.2, 0.25) is 0 Å². The van der Waals surface area contributed by atoms with E-state index >= 15 is 0 Å². The molecule has 2 amide bonds. The fourth-order valence-electron chi connectivity index (χ4n) is 2.85. The number of amides is 2. The number of imide groups is 1. The Morgan fingerprint density at radius 1 is 0.808 bits per heavy atom. The Balaban J connectivity index is 1.65. The van der Waals surface area contributed by atoms with Gasteiger partial charge in [-0.3, -0.25) is 9.59 Å². The van der Waals surface area contributed by atoms with Gasteiger partial charge < -0.3 is 0 Å². The number of anilines is 1. The fraction of sp³-hybridized carbons (Fsp3) is 0. The molecule has 1 aliphatic rings. The van der Waals surface area contributed by atoms with E-state index in [1.807, 2.05) is 42.5 Å². The normalized spacial score (nSPS) is 13.5. The molecule has 26 heavy (non-hydrogen) atoms. The number of nitrogens with zero attached hydrogens (tertiary/aromatic N) is 2. The zero-order valence-electron chi connectivity index (χ0n) is 13.6. The summed E-state index contributed by atoms with van der Waals surface area (Å²) in [7, 11) is 0. The van der Waals surface area contributed by atoms with Gasteiger partial charge in [0.25, 0.3) is 11.8 Å². The third kappa shape index (κ3) is 2.97. The lowest BCUT2D eigenvalue weighted by Gasteiger charge is -2.13. The molecule has 0 unspecified atom stereocenters. The molecule has 2 aromatic carbocycles. The van der Waals surface area contributed by atoms with E-state index in [9.17, 15) is 9.59 Å². The van der Waals surface area contributed by atoms with Crippen LogP contribution >= 0.6 is 15.9 Å². The van der Waals surface area contributed by atoms with Gasteiger partial charge in [-0.25, -0.2) is 9.88 Å². The average molecular weight is 405 g/mol. The molecule has 0 N–H and O–H groups in total. The van der Waals surface area contributed by atoms with E-state index in [0.717, 1.165) is 14.9 Å². The molecule has 4 rings (SSSR count). The maximum atomic E-state index is 12.6. The van der Waals surface area contributed by atoms with Gasteiger partial charge in [-0.2, -0.15) is 0 Å². The predicted octanol–water partition coefficient (Wildman–Crippen LogP) is 4.82. The molecule has 2 heterocycles. The molecule has 0 atom stereocenters. The number of benzene rings is 2. The number of rotatable bonds is 3. The summed E-state index contributed by atoms with van der Waals surface area (Å²) in [6, 6.07) is 20.0. The van der Waals surface area contributed by atoms with Crippen molar-refractivity contribution in [3.05, 3.63) is 93.6 Å². The number of hydrogen-bond acceptors (Lipinski definition) is 3. The molecule has 1 aromatic heterocycles. The number of halogens is 1. The Kier molecular flexibility index (Phi) is 4.22. The van der Waals surface area contributed by atoms with Crippen LogP contribution in [0, 0.1) is 0 Å². The van der Waals surface area contributed by atoms with Gasteiger partial charge in [0, 0.05) is 4.47 Å². The summed E-state index contributed by atoms with van der Waals surface area (Å²) in [4.78, 5) is 30.7. The van der Waals surface area contributed by atoms with Crippen LogP contribution < -0.4 is 4.90 Å². The van der Waals surface area contributed by atoms with Crippen molar-refractivity contribution in [3.63, 3.8) is 0 Å². The van der Waals surface area contributed by atoms with Crippen LogP contribution in [0.1, 0.15) is 32.0 Å². The maximum Gasteiger partial charge on any atom is 0.267 e. The minimum atomic E-state index is -0.341. The van der Waals surface area contributed by atoms with E-state index < -0.39 is 0 Å². The molecular weight excluding hydrogens is 392 g/mol. The summed E-state index contributed by atoms with van der Waals surface area (Å²) in [6.45, 7) is 0. The van der Waals surface area contributed by atoms with Crippen molar-refractivity contribution in [2.24, 2.45) is 0 Å². The van der Waals surface area contributed by atoms with E-state index in [2.05, 4.69) is 20.9 Å². The Bertz CT molecular complexity index is 1020. The fourth-order valence-corrected chi connectivity index (χ4v) is 3.26. The van der Waals surface area contributed by atoms with E-state index in [-0.39, 0.29) is 11.8 Å². The third-order valence-electron chi connectivity index (χ3n) is 4.07. The molecule has 0 radical (unpaired) electrons. The van der Waals surface area contributed by atoms with Crippen LogP contribution in [0.5, 0.6) is 0 Å². The zero-order chi connectivity index (χ0) is 18.1. The summed E-state index contributed by atoms with van der Waals surface area (Å²) in [5.74, 6) is -0.356. The molecule has 1 aliphatic heterocycles. The van der Waals surface area contributed by atoms with Gasteiger partial charge in [0.1, 0.15) is 5.82 Å². The lowest BCUT2D eigenvalue weighted by molar-refractivity contribution is 0.0925. The van der Waals surface area contributed by atoms with Crippen molar-refractivity contribution in [1.29, 1.82) is 0 Å². The summed E-state index contributed by atoms with van der Waals surface area (Å²) >= 11 is 3.44. The summed E-state index contributed by atoms with van der Waals surface area (Å²) in [6.07, 6.45) is 3.78. The van der Waals surface area contributed by atoms with Crippen LogP contribution in [0.2, 0.25) is 0 Å². The minimum absolute atomic E-state index is 0.326. The minimum Gasteiger partial charge on any atom is -0.268 e. The van der Waals surface area contributed by atoms with E-state index in [0.29, 0.717) is 22.6 Å². The third-order valence-corrected chi connectivity index (χ3v) is 4.57. The van der Waals surface area contributed by atoms with Crippen LogP contribution in [-0.2, 0) is 0 Å². The summed E-state index contributed by atoms with van der Waals surface area (Å²) in [5.41, 5.74) is 2.51. The maximum absolute atomic E-state index is 12.6. The average Bonchev–Trinajstić information content (AvgIpc) is 2.91. The number of pyridine rings is 1. The first-order chi connectivity index (χ1) is 12.6. The van der Waals surface area contributed by atoms with Gasteiger partial charge in [0.05, 0.1) is 16.8 Å². The summed E-state index contributed by atoms with van der Waals surface area (Å²) in [5, 5.41) is 0. The highest BCUT2D eigenvalue weighted by Crippen LogP contribution is 2.27. The molecule has 0 saturated carbocycles. The molecule has 0 bridgehead atoms. The van der Waals surface area contributed by atoms with E-state index in [4.69, 9.17) is 0 Å². The van der Waals surface area contributed by atoms with Gasteiger partial charge in [-0.1, -0.05) is 52.3 Å². The molecule has 0 fully saturated rings. The topological polar surface area (TPSA) is 50.3 Å². The largest absolute Gasteiger partial charge is 0.268 e. The van der Waals surface area contributed by atoms with Gasteiger partial charge in [-0.05, 0) is 48.0 Å². The second kappa shape index (κ2) is 6.69. The number of aromatic nitrogens is 1.